The van der Waals surface area contributed by atoms with E-state index in [9.17, 15) is 0 Å². The van der Waals surface area contributed by atoms with Gasteiger partial charge in [-0.25, -0.2) is 0 Å². The summed E-state index contributed by atoms with van der Waals surface area (Å²) in [4.78, 5) is 0. The molecule has 0 fully saturated rings. The third-order valence-corrected chi connectivity index (χ3v) is 17.3. The number of rotatable bonds is 3. The van der Waals surface area contributed by atoms with Gasteiger partial charge in [-0.2, -0.15) is 0 Å². The van der Waals surface area contributed by atoms with Crippen molar-refractivity contribution in [1.82, 2.24) is 0 Å². The quantitative estimate of drug-likeness (QED) is 0.124. The Morgan fingerprint density at radius 1 is 0.328 bits per heavy atom. The van der Waals surface area contributed by atoms with Gasteiger partial charge in [0, 0.05) is 5.41 Å². The zero-order chi connectivity index (χ0) is 38.9. The minimum atomic E-state index is -2.13. The Kier molecular flexibility index (Phi) is 6.94. The van der Waals surface area contributed by atoms with Crippen LogP contribution in [0.15, 0.2) is 182 Å². The van der Waals surface area contributed by atoms with Crippen LogP contribution in [0.5, 0.6) is 0 Å². The van der Waals surface area contributed by atoms with Gasteiger partial charge in [0.25, 0.3) is 0 Å². The van der Waals surface area contributed by atoms with E-state index < -0.39 is 8.07 Å². The minimum Gasteiger partial charge on any atom is -0.0619 e. The molecule has 0 bridgehead atoms. The summed E-state index contributed by atoms with van der Waals surface area (Å²) in [6, 6.07) is 69.3. The lowest BCUT2D eigenvalue weighted by molar-refractivity contribution is 0.660. The molecule has 12 rings (SSSR count). The molecule has 0 amide bonds. The van der Waals surface area contributed by atoms with Crippen LogP contribution in [-0.2, 0) is 5.41 Å². The van der Waals surface area contributed by atoms with Crippen molar-refractivity contribution in [2.24, 2.45) is 0 Å². The fourth-order valence-electron chi connectivity index (χ4n) is 10.8. The van der Waals surface area contributed by atoms with Crippen molar-refractivity contribution >= 4 is 61.5 Å². The summed E-state index contributed by atoms with van der Waals surface area (Å²) in [7, 11) is -2.13. The first-order chi connectivity index (χ1) is 28.3. The van der Waals surface area contributed by atoms with Crippen LogP contribution in [0.25, 0.3) is 98.7 Å². The van der Waals surface area contributed by atoms with E-state index in [1.54, 1.807) is 0 Å². The molecular weight excluding hydrogens is 713 g/mol. The van der Waals surface area contributed by atoms with Crippen molar-refractivity contribution in [2.75, 3.05) is 0 Å². The first-order valence-corrected chi connectivity index (χ1v) is 23.7. The van der Waals surface area contributed by atoms with E-state index in [0.29, 0.717) is 0 Å². The summed E-state index contributed by atoms with van der Waals surface area (Å²) in [5, 5.41) is 13.4. The molecule has 1 heteroatoms. The normalized spacial score (nSPS) is 14.5. The van der Waals surface area contributed by atoms with E-state index in [1.165, 1.54) is 120 Å². The van der Waals surface area contributed by atoms with Crippen molar-refractivity contribution in [2.45, 2.75) is 32.4 Å². The van der Waals surface area contributed by atoms with Crippen molar-refractivity contribution in [3.63, 3.8) is 0 Å². The Morgan fingerprint density at radius 2 is 0.810 bits per heavy atom. The van der Waals surface area contributed by atoms with Gasteiger partial charge in [0.1, 0.15) is 8.07 Å². The van der Waals surface area contributed by atoms with Gasteiger partial charge in [0.05, 0.1) is 0 Å². The lowest BCUT2D eigenvalue weighted by atomic mass is 9.81. The summed E-state index contributed by atoms with van der Waals surface area (Å²) >= 11 is 0. The molecule has 0 N–H and O–H groups in total. The maximum absolute atomic E-state index is 2.62. The lowest BCUT2D eigenvalue weighted by Crippen LogP contribution is -2.49. The molecule has 1 aliphatic carbocycles. The first kappa shape index (κ1) is 33.6. The third kappa shape index (κ3) is 4.68. The fourth-order valence-corrected chi connectivity index (χ4v) is 13.9. The number of hydrogen-bond donors (Lipinski definition) is 0. The average molecular weight is 755 g/mol. The van der Waals surface area contributed by atoms with Crippen LogP contribution >= 0.6 is 0 Å². The van der Waals surface area contributed by atoms with Crippen LogP contribution in [-0.4, -0.2) is 8.07 Å². The molecule has 0 nitrogen and oxygen atoms in total. The Bertz CT molecular complexity index is 3400. The van der Waals surface area contributed by atoms with Gasteiger partial charge in [0.2, 0.25) is 0 Å². The fraction of sp³-hybridized carbons (Fsp3) is 0.0877. The van der Waals surface area contributed by atoms with E-state index in [2.05, 4.69) is 209 Å². The zero-order valence-corrected chi connectivity index (χ0v) is 34.3. The predicted molar refractivity (Wildman–Crippen MR) is 253 cm³/mol. The minimum absolute atomic E-state index is 0.0297. The zero-order valence-electron chi connectivity index (χ0n) is 33.3. The highest BCUT2D eigenvalue weighted by molar-refractivity contribution is 7.04. The molecule has 0 unspecified atom stereocenters. The van der Waals surface area contributed by atoms with Gasteiger partial charge < -0.3 is 0 Å². The Balaban J connectivity index is 1.11. The highest BCUT2D eigenvalue weighted by atomic mass is 28.3. The van der Waals surface area contributed by atoms with Crippen LogP contribution in [0.3, 0.4) is 0 Å². The molecule has 2 aliphatic rings. The van der Waals surface area contributed by atoms with Gasteiger partial charge in [-0.3, -0.25) is 0 Å². The Hall–Kier alpha value is -6.54. The van der Waals surface area contributed by atoms with Gasteiger partial charge in [0.15, 0.2) is 0 Å². The average Bonchev–Trinajstić information content (AvgIpc) is 3.62. The van der Waals surface area contributed by atoms with Gasteiger partial charge in [-0.1, -0.05) is 185 Å². The van der Waals surface area contributed by atoms with Crippen LogP contribution in [0.2, 0.25) is 13.1 Å². The molecule has 1 heterocycles. The molecule has 0 aromatic heterocycles. The van der Waals surface area contributed by atoms with E-state index in [1.807, 2.05) is 0 Å². The van der Waals surface area contributed by atoms with Crippen molar-refractivity contribution < 1.29 is 0 Å². The molecule has 0 radical (unpaired) electrons. The van der Waals surface area contributed by atoms with Gasteiger partial charge in [-0.15, -0.1) is 0 Å². The summed E-state index contributed by atoms with van der Waals surface area (Å²) in [6.07, 6.45) is 0. The topological polar surface area (TPSA) is 0 Å². The molecule has 0 saturated heterocycles. The van der Waals surface area contributed by atoms with E-state index in [4.69, 9.17) is 0 Å². The van der Waals surface area contributed by atoms with E-state index >= 15 is 0 Å². The second kappa shape index (κ2) is 12.0. The molecule has 274 valence electrons. The standard InChI is InChI=1S/C57H42Si/c1-57(2)51-20-12-11-17-43(51)44-27-25-39(31-52(44)57)40-26-28-45-48-33-49-50(34-54(48)58(3,4)53(45)32-40)56(42-24-22-36-14-6-8-16-38(36)30-42)47-19-10-9-18-46(47)55(49)41-23-21-35-13-5-7-15-37(35)29-41/h5-34H,1-4H3. The monoisotopic (exact) mass is 754 g/mol. The predicted octanol–water partition coefficient (Wildman–Crippen LogP) is 14.4. The number of hydrogen-bond acceptors (Lipinski definition) is 0. The van der Waals surface area contributed by atoms with Crippen molar-refractivity contribution in [3.8, 4) is 55.6 Å². The number of benzene rings is 10. The summed E-state index contributed by atoms with van der Waals surface area (Å²) in [5.41, 5.74) is 16.1. The molecule has 1 aliphatic heterocycles. The second-order valence-electron chi connectivity index (χ2n) is 17.7. The van der Waals surface area contributed by atoms with Crippen LogP contribution < -0.4 is 10.4 Å². The Labute approximate surface area is 341 Å². The molecule has 0 spiro atoms. The number of fused-ring (bicyclic) bond motifs is 10. The maximum atomic E-state index is 2.62. The second-order valence-corrected chi connectivity index (χ2v) is 22.0. The summed E-state index contributed by atoms with van der Waals surface area (Å²) in [6.45, 7) is 9.89. The summed E-state index contributed by atoms with van der Waals surface area (Å²) < 4.78 is 0. The van der Waals surface area contributed by atoms with Gasteiger partial charge >= 0.3 is 0 Å². The summed E-state index contributed by atoms with van der Waals surface area (Å²) in [5.74, 6) is 0. The first-order valence-electron chi connectivity index (χ1n) is 20.7. The van der Waals surface area contributed by atoms with Crippen LogP contribution in [0.1, 0.15) is 25.0 Å². The highest BCUT2D eigenvalue weighted by Crippen LogP contribution is 2.50. The highest BCUT2D eigenvalue weighted by Gasteiger charge is 2.39. The van der Waals surface area contributed by atoms with Crippen molar-refractivity contribution in [1.29, 1.82) is 0 Å². The molecule has 58 heavy (non-hydrogen) atoms. The molecule has 10 aromatic carbocycles. The van der Waals surface area contributed by atoms with Crippen LogP contribution in [0, 0.1) is 0 Å². The Morgan fingerprint density at radius 3 is 1.47 bits per heavy atom. The third-order valence-electron chi connectivity index (χ3n) is 13.8. The molecular formula is C57H42Si. The van der Waals surface area contributed by atoms with E-state index in [-0.39, 0.29) is 5.41 Å². The van der Waals surface area contributed by atoms with Crippen molar-refractivity contribution in [3.05, 3.63) is 193 Å². The largest absolute Gasteiger partial charge is 0.113 e. The molecule has 0 atom stereocenters. The van der Waals surface area contributed by atoms with Crippen LogP contribution in [0.4, 0.5) is 0 Å². The maximum Gasteiger partial charge on any atom is 0.113 e. The van der Waals surface area contributed by atoms with E-state index in [0.717, 1.165) is 0 Å². The lowest BCUT2D eigenvalue weighted by Gasteiger charge is -2.23. The van der Waals surface area contributed by atoms with Gasteiger partial charge in [-0.05, 0) is 144 Å². The molecule has 10 aromatic rings. The molecule has 0 saturated carbocycles. The smallest absolute Gasteiger partial charge is 0.0619 e. The SMILES string of the molecule is CC1(C)c2ccccc2-c2ccc(-c3ccc4c(c3)[Si](C)(C)c3cc5c(-c6ccc7ccccc7c6)c6ccccc6c(-c6ccc7ccccc7c6)c5cc3-4)cc21.